The first-order chi connectivity index (χ1) is 9.33. The van der Waals surface area contributed by atoms with Crippen molar-refractivity contribution in [2.24, 2.45) is 23.2 Å². The molecule has 1 rings (SSSR count). The standard InChI is InChI=1S/C18H38N2/c1-15(2)11-19-13-18(9-7-17(5)8-10-18)14-20(6)12-16(3)4/h15-17,19H,7-14H2,1-6H3. The van der Waals surface area contributed by atoms with Crippen molar-refractivity contribution in [2.45, 2.75) is 60.3 Å². The number of rotatable bonds is 8. The molecule has 2 heteroatoms. The Morgan fingerprint density at radius 1 is 1.10 bits per heavy atom. The van der Waals surface area contributed by atoms with E-state index >= 15 is 0 Å². The van der Waals surface area contributed by atoms with Gasteiger partial charge in [0.2, 0.25) is 0 Å². The van der Waals surface area contributed by atoms with Gasteiger partial charge in [-0.1, -0.05) is 47.5 Å². The van der Waals surface area contributed by atoms with E-state index in [9.17, 15) is 0 Å². The van der Waals surface area contributed by atoms with E-state index < -0.39 is 0 Å². The highest BCUT2D eigenvalue weighted by Crippen LogP contribution is 2.39. The van der Waals surface area contributed by atoms with Gasteiger partial charge >= 0.3 is 0 Å². The van der Waals surface area contributed by atoms with Crippen LogP contribution in [-0.4, -0.2) is 38.1 Å². The Balaban J connectivity index is 2.54. The van der Waals surface area contributed by atoms with Crippen LogP contribution in [0.4, 0.5) is 0 Å². The molecule has 0 amide bonds. The maximum atomic E-state index is 3.74. The van der Waals surface area contributed by atoms with E-state index in [1.54, 1.807) is 0 Å². The predicted octanol–water partition coefficient (Wildman–Crippen LogP) is 4.02. The second-order valence-electron chi connectivity index (χ2n) is 8.30. The summed E-state index contributed by atoms with van der Waals surface area (Å²) in [7, 11) is 2.31. The van der Waals surface area contributed by atoms with Gasteiger partial charge in [-0.25, -0.2) is 0 Å². The summed E-state index contributed by atoms with van der Waals surface area (Å²) in [6.07, 6.45) is 5.64. The molecule has 20 heavy (non-hydrogen) atoms. The molecule has 1 aliphatic carbocycles. The largest absolute Gasteiger partial charge is 0.316 e. The lowest BCUT2D eigenvalue weighted by atomic mass is 9.70. The van der Waals surface area contributed by atoms with Crippen LogP contribution in [0.2, 0.25) is 0 Å². The zero-order chi connectivity index (χ0) is 15.2. The Morgan fingerprint density at radius 2 is 1.70 bits per heavy atom. The molecule has 1 aliphatic rings. The van der Waals surface area contributed by atoms with Gasteiger partial charge in [-0.2, -0.15) is 0 Å². The summed E-state index contributed by atoms with van der Waals surface area (Å²) in [6, 6.07) is 0. The maximum absolute atomic E-state index is 3.74. The van der Waals surface area contributed by atoms with Gasteiger partial charge in [-0.15, -0.1) is 0 Å². The smallest absolute Gasteiger partial charge is 0.00472 e. The Hall–Kier alpha value is -0.0800. The number of nitrogens with one attached hydrogen (secondary N) is 1. The van der Waals surface area contributed by atoms with Crippen molar-refractivity contribution in [1.29, 1.82) is 0 Å². The van der Waals surface area contributed by atoms with Crippen molar-refractivity contribution in [3.63, 3.8) is 0 Å². The molecule has 0 aromatic heterocycles. The van der Waals surface area contributed by atoms with E-state index in [0.717, 1.165) is 24.3 Å². The molecule has 0 aliphatic heterocycles. The summed E-state index contributed by atoms with van der Waals surface area (Å²) in [5, 5.41) is 3.74. The van der Waals surface area contributed by atoms with Crippen molar-refractivity contribution in [3.05, 3.63) is 0 Å². The number of nitrogens with zero attached hydrogens (tertiary/aromatic N) is 1. The quantitative estimate of drug-likeness (QED) is 0.723. The average molecular weight is 283 g/mol. The lowest BCUT2D eigenvalue weighted by molar-refractivity contribution is 0.0930. The molecule has 1 N–H and O–H groups in total. The van der Waals surface area contributed by atoms with E-state index in [1.165, 1.54) is 45.3 Å². The van der Waals surface area contributed by atoms with Gasteiger partial charge < -0.3 is 10.2 Å². The third kappa shape index (κ3) is 6.58. The van der Waals surface area contributed by atoms with E-state index in [2.05, 4.69) is 51.9 Å². The van der Waals surface area contributed by atoms with Gasteiger partial charge in [-0.05, 0) is 49.6 Å². The van der Waals surface area contributed by atoms with Crippen LogP contribution < -0.4 is 5.32 Å². The van der Waals surface area contributed by atoms with Gasteiger partial charge in [0, 0.05) is 19.6 Å². The molecular weight excluding hydrogens is 244 g/mol. The molecule has 0 radical (unpaired) electrons. The van der Waals surface area contributed by atoms with Crippen LogP contribution in [0.15, 0.2) is 0 Å². The van der Waals surface area contributed by atoms with Gasteiger partial charge in [0.1, 0.15) is 0 Å². The Bertz CT molecular complexity index is 252. The molecular formula is C18H38N2. The third-order valence-corrected chi connectivity index (χ3v) is 4.67. The third-order valence-electron chi connectivity index (χ3n) is 4.67. The van der Waals surface area contributed by atoms with E-state index in [-0.39, 0.29) is 0 Å². The molecule has 0 aromatic rings. The molecule has 1 fully saturated rings. The number of hydrogen-bond donors (Lipinski definition) is 1. The van der Waals surface area contributed by atoms with Gasteiger partial charge in [0.15, 0.2) is 0 Å². The Labute approximate surface area is 127 Å². The fraction of sp³-hybridized carbons (Fsp3) is 1.00. The fourth-order valence-electron chi connectivity index (χ4n) is 3.65. The van der Waals surface area contributed by atoms with Crippen molar-refractivity contribution in [3.8, 4) is 0 Å². The molecule has 0 heterocycles. The van der Waals surface area contributed by atoms with Crippen molar-refractivity contribution in [1.82, 2.24) is 10.2 Å². The van der Waals surface area contributed by atoms with Gasteiger partial charge in [0.25, 0.3) is 0 Å². The topological polar surface area (TPSA) is 15.3 Å². The van der Waals surface area contributed by atoms with E-state index in [0.29, 0.717) is 5.41 Å². The summed E-state index contributed by atoms with van der Waals surface area (Å²) in [5.41, 5.74) is 0.519. The van der Waals surface area contributed by atoms with Crippen molar-refractivity contribution < 1.29 is 0 Å². The van der Waals surface area contributed by atoms with Crippen LogP contribution in [0.1, 0.15) is 60.3 Å². The minimum absolute atomic E-state index is 0.519. The highest BCUT2D eigenvalue weighted by Gasteiger charge is 2.34. The van der Waals surface area contributed by atoms with Crippen molar-refractivity contribution in [2.75, 3.05) is 33.2 Å². The molecule has 1 saturated carbocycles. The SMILES string of the molecule is CC(C)CNCC1(CN(C)CC(C)C)CCC(C)CC1. The minimum atomic E-state index is 0.519. The van der Waals surface area contributed by atoms with Crippen LogP contribution in [0.25, 0.3) is 0 Å². The normalized spacial score (nSPS) is 27.8. The first-order valence-corrected chi connectivity index (χ1v) is 8.72. The maximum Gasteiger partial charge on any atom is 0.00472 e. The minimum Gasteiger partial charge on any atom is -0.316 e. The van der Waals surface area contributed by atoms with Gasteiger partial charge in [0.05, 0.1) is 0 Å². The molecule has 0 aromatic carbocycles. The molecule has 120 valence electrons. The first-order valence-electron chi connectivity index (χ1n) is 8.72. The lowest BCUT2D eigenvalue weighted by Crippen LogP contribution is -2.46. The number of hydrogen-bond acceptors (Lipinski definition) is 2. The molecule has 0 unspecified atom stereocenters. The van der Waals surface area contributed by atoms with E-state index in [1.807, 2.05) is 0 Å². The zero-order valence-electron chi connectivity index (χ0n) is 14.8. The second kappa shape index (κ2) is 8.38. The summed E-state index contributed by atoms with van der Waals surface area (Å²) < 4.78 is 0. The molecule has 0 bridgehead atoms. The van der Waals surface area contributed by atoms with Crippen LogP contribution >= 0.6 is 0 Å². The first kappa shape index (κ1) is 18.0. The summed E-state index contributed by atoms with van der Waals surface area (Å²) in [5.74, 6) is 2.45. The highest BCUT2D eigenvalue weighted by molar-refractivity contribution is 4.89. The summed E-state index contributed by atoms with van der Waals surface area (Å²) in [6.45, 7) is 16.5. The van der Waals surface area contributed by atoms with Crippen LogP contribution in [0.5, 0.6) is 0 Å². The lowest BCUT2D eigenvalue weighted by Gasteiger charge is -2.42. The summed E-state index contributed by atoms with van der Waals surface area (Å²) in [4.78, 5) is 2.57. The van der Waals surface area contributed by atoms with E-state index in [4.69, 9.17) is 0 Å². The Kier molecular flexibility index (Phi) is 7.53. The predicted molar refractivity (Wildman–Crippen MR) is 90.1 cm³/mol. The van der Waals surface area contributed by atoms with Gasteiger partial charge in [-0.3, -0.25) is 0 Å². The average Bonchev–Trinajstić information content (AvgIpc) is 2.31. The van der Waals surface area contributed by atoms with Crippen LogP contribution in [0, 0.1) is 23.2 Å². The Morgan fingerprint density at radius 3 is 2.20 bits per heavy atom. The summed E-state index contributed by atoms with van der Waals surface area (Å²) >= 11 is 0. The fourth-order valence-corrected chi connectivity index (χ4v) is 3.65. The second-order valence-corrected chi connectivity index (χ2v) is 8.30. The van der Waals surface area contributed by atoms with Crippen LogP contribution in [-0.2, 0) is 0 Å². The molecule has 2 nitrogen and oxygen atoms in total. The highest BCUT2D eigenvalue weighted by atomic mass is 15.1. The van der Waals surface area contributed by atoms with Crippen molar-refractivity contribution >= 4 is 0 Å². The molecule has 0 saturated heterocycles. The van der Waals surface area contributed by atoms with Crippen LogP contribution in [0.3, 0.4) is 0 Å². The zero-order valence-corrected chi connectivity index (χ0v) is 14.8. The monoisotopic (exact) mass is 282 g/mol. The molecule has 0 atom stereocenters. The molecule has 0 spiro atoms.